The Morgan fingerprint density at radius 1 is 1.41 bits per heavy atom. The summed E-state index contributed by atoms with van der Waals surface area (Å²) in [5, 5.41) is 11.4. The number of nitro benzene ring substituents is 1. The van der Waals surface area contributed by atoms with Crippen molar-refractivity contribution in [1.29, 1.82) is 0 Å². The number of nitrogens with one attached hydrogen (secondary N) is 1. The quantitative estimate of drug-likeness (QED) is 0.661. The summed E-state index contributed by atoms with van der Waals surface area (Å²) in [5.41, 5.74) is -0.787. The fourth-order valence-electron chi connectivity index (χ4n) is 1.71. The minimum Gasteiger partial charge on any atom is -0.258 e. The lowest BCUT2D eigenvalue weighted by atomic mass is 10.2. The van der Waals surface area contributed by atoms with Crippen molar-refractivity contribution >= 4 is 27.0 Å². The molecule has 10 heteroatoms. The molecule has 0 aliphatic carbocycles. The summed E-state index contributed by atoms with van der Waals surface area (Å²) in [6, 6.07) is 1.60. The number of thiazole rings is 1. The van der Waals surface area contributed by atoms with Crippen molar-refractivity contribution in [2.75, 3.05) is 0 Å². The molecule has 0 spiro atoms. The summed E-state index contributed by atoms with van der Waals surface area (Å²) >= 11 is 1.32. The summed E-state index contributed by atoms with van der Waals surface area (Å²) in [5.74, 6) is -0.945. The zero-order valence-electron chi connectivity index (χ0n) is 11.7. The molecule has 7 nitrogen and oxygen atoms in total. The number of rotatable bonds is 5. The van der Waals surface area contributed by atoms with Crippen LogP contribution in [0.15, 0.2) is 23.2 Å². The van der Waals surface area contributed by atoms with Gasteiger partial charge in [-0.2, -0.15) is 0 Å². The van der Waals surface area contributed by atoms with Gasteiger partial charge in [-0.3, -0.25) is 10.1 Å². The van der Waals surface area contributed by atoms with Crippen molar-refractivity contribution < 1.29 is 17.7 Å². The molecule has 0 atom stereocenters. The minimum absolute atomic E-state index is 0.0653. The van der Waals surface area contributed by atoms with Gasteiger partial charge in [-0.1, -0.05) is 0 Å². The number of hydrogen-bond donors (Lipinski definition) is 1. The van der Waals surface area contributed by atoms with Crippen LogP contribution >= 0.6 is 11.3 Å². The van der Waals surface area contributed by atoms with Gasteiger partial charge in [-0.25, -0.2) is 22.5 Å². The second kappa shape index (κ2) is 6.07. The van der Waals surface area contributed by atoms with Gasteiger partial charge in [0.25, 0.3) is 5.69 Å². The summed E-state index contributed by atoms with van der Waals surface area (Å²) in [6.07, 6.45) is 1.60. The highest BCUT2D eigenvalue weighted by molar-refractivity contribution is 7.89. The molecule has 1 aromatic heterocycles. The lowest BCUT2D eigenvalue weighted by molar-refractivity contribution is -0.385. The fourth-order valence-corrected chi connectivity index (χ4v) is 3.55. The third kappa shape index (κ3) is 3.46. The molecule has 0 amide bonds. The maximum Gasteiger partial charge on any atom is 0.276 e. The Kier molecular flexibility index (Phi) is 4.54. The van der Waals surface area contributed by atoms with Crippen LogP contribution in [0.1, 0.15) is 15.4 Å². The highest BCUT2D eigenvalue weighted by atomic mass is 32.2. The number of nitro groups is 1. The number of aryl methyl sites for hydroxylation is 1. The Morgan fingerprint density at radius 3 is 2.64 bits per heavy atom. The predicted molar refractivity (Wildman–Crippen MR) is 78.7 cm³/mol. The molecule has 2 aromatic rings. The molecule has 0 aliphatic rings. The molecule has 1 N–H and O–H groups in total. The van der Waals surface area contributed by atoms with E-state index in [2.05, 4.69) is 9.71 Å². The second-order valence-corrected chi connectivity index (χ2v) is 7.58. The average Bonchev–Trinajstić information content (AvgIpc) is 2.85. The molecule has 0 radical (unpaired) electrons. The Bertz CT molecular complexity index is 833. The van der Waals surface area contributed by atoms with Crippen molar-refractivity contribution in [3.8, 4) is 0 Å². The van der Waals surface area contributed by atoms with Gasteiger partial charge in [-0.05, 0) is 19.9 Å². The largest absolute Gasteiger partial charge is 0.276 e. The van der Waals surface area contributed by atoms with Gasteiger partial charge < -0.3 is 0 Å². The van der Waals surface area contributed by atoms with Gasteiger partial charge in [0, 0.05) is 17.1 Å². The number of sulfonamides is 1. The molecule has 2 rings (SSSR count). The van der Waals surface area contributed by atoms with Gasteiger partial charge in [0.05, 0.1) is 21.9 Å². The number of aromatic nitrogens is 1. The van der Waals surface area contributed by atoms with Gasteiger partial charge in [0.15, 0.2) is 0 Å². The van der Waals surface area contributed by atoms with Crippen molar-refractivity contribution in [1.82, 2.24) is 9.71 Å². The monoisotopic (exact) mass is 345 g/mol. The first kappa shape index (κ1) is 16.5. The van der Waals surface area contributed by atoms with E-state index in [1.165, 1.54) is 18.3 Å². The molecule has 1 aromatic carbocycles. The first-order valence-electron chi connectivity index (χ1n) is 6.06. The minimum atomic E-state index is -4.07. The topological polar surface area (TPSA) is 102 Å². The summed E-state index contributed by atoms with van der Waals surface area (Å²) in [7, 11) is -4.07. The van der Waals surface area contributed by atoms with E-state index in [-0.39, 0.29) is 12.1 Å². The molecule has 0 aliphatic heterocycles. The highest BCUT2D eigenvalue weighted by Gasteiger charge is 2.23. The molecular formula is C12H12FN3O4S2. The Hall–Kier alpha value is -1.91. The van der Waals surface area contributed by atoms with Crippen LogP contribution in [0, 0.1) is 29.8 Å². The van der Waals surface area contributed by atoms with E-state index in [1.807, 2.05) is 6.92 Å². The molecule has 0 bridgehead atoms. The summed E-state index contributed by atoms with van der Waals surface area (Å²) in [4.78, 5) is 14.5. The van der Waals surface area contributed by atoms with E-state index in [0.29, 0.717) is 5.01 Å². The maximum atomic E-state index is 13.7. The number of nitrogens with zero attached hydrogens (tertiary/aromatic N) is 2. The third-order valence-corrected chi connectivity index (χ3v) is 5.17. The van der Waals surface area contributed by atoms with Gasteiger partial charge >= 0.3 is 0 Å². The van der Waals surface area contributed by atoms with E-state index >= 15 is 0 Å². The molecule has 0 fully saturated rings. The van der Waals surface area contributed by atoms with Crippen LogP contribution in [-0.4, -0.2) is 18.3 Å². The zero-order valence-corrected chi connectivity index (χ0v) is 13.3. The van der Waals surface area contributed by atoms with Crippen molar-refractivity contribution in [2.45, 2.75) is 25.3 Å². The van der Waals surface area contributed by atoms with Gasteiger partial charge in [0.2, 0.25) is 10.0 Å². The molecular weight excluding hydrogens is 333 g/mol. The maximum absolute atomic E-state index is 13.7. The summed E-state index contributed by atoms with van der Waals surface area (Å²) < 4.78 is 40.2. The van der Waals surface area contributed by atoms with E-state index < -0.39 is 31.3 Å². The molecule has 1 heterocycles. The fraction of sp³-hybridized carbons (Fsp3) is 0.250. The highest BCUT2D eigenvalue weighted by Crippen LogP contribution is 2.25. The van der Waals surface area contributed by atoms with Crippen molar-refractivity contribution in [2.24, 2.45) is 0 Å². The van der Waals surface area contributed by atoms with Crippen LogP contribution in [0.2, 0.25) is 0 Å². The Balaban J connectivity index is 2.31. The van der Waals surface area contributed by atoms with Crippen LogP contribution in [0.5, 0.6) is 0 Å². The molecule has 22 heavy (non-hydrogen) atoms. The Morgan fingerprint density at radius 2 is 2.09 bits per heavy atom. The first-order chi connectivity index (χ1) is 10.2. The molecule has 118 valence electrons. The number of hydrogen-bond acceptors (Lipinski definition) is 6. The standard InChI is InChI=1S/C12H12FN3O4S2/c1-7-5-14-12(21-7)6-15-22(19,20)9-3-10(13)8(2)11(4-9)16(17)18/h3-5,15H,6H2,1-2H3. The first-order valence-corrected chi connectivity index (χ1v) is 8.36. The van der Waals surface area contributed by atoms with Crippen LogP contribution in [0.25, 0.3) is 0 Å². The van der Waals surface area contributed by atoms with Gasteiger partial charge in [-0.15, -0.1) is 11.3 Å². The third-order valence-electron chi connectivity index (χ3n) is 2.88. The van der Waals surface area contributed by atoms with Crippen molar-refractivity contribution in [3.63, 3.8) is 0 Å². The van der Waals surface area contributed by atoms with Crippen LogP contribution in [0.4, 0.5) is 10.1 Å². The smallest absolute Gasteiger partial charge is 0.258 e. The zero-order chi connectivity index (χ0) is 16.5. The summed E-state index contributed by atoms with van der Waals surface area (Å²) in [6.45, 7) is 2.98. The van der Waals surface area contributed by atoms with E-state index in [9.17, 15) is 22.9 Å². The van der Waals surface area contributed by atoms with E-state index in [0.717, 1.165) is 17.0 Å². The molecule has 0 unspecified atom stereocenters. The average molecular weight is 345 g/mol. The van der Waals surface area contributed by atoms with Crippen molar-refractivity contribution in [3.05, 3.63) is 49.7 Å². The van der Waals surface area contributed by atoms with E-state index in [4.69, 9.17) is 0 Å². The predicted octanol–water partition coefficient (Wildman–Crippen LogP) is 2.29. The van der Waals surface area contributed by atoms with Gasteiger partial charge in [0.1, 0.15) is 10.8 Å². The van der Waals surface area contributed by atoms with E-state index in [1.54, 1.807) is 6.20 Å². The van der Waals surface area contributed by atoms with Crippen LogP contribution in [-0.2, 0) is 16.6 Å². The number of benzene rings is 1. The molecule has 0 saturated carbocycles. The normalized spacial score (nSPS) is 11.6. The lowest BCUT2D eigenvalue weighted by Crippen LogP contribution is -2.23. The molecule has 0 saturated heterocycles. The van der Waals surface area contributed by atoms with Crippen LogP contribution < -0.4 is 4.72 Å². The second-order valence-electron chi connectivity index (χ2n) is 4.50. The lowest BCUT2D eigenvalue weighted by Gasteiger charge is -2.07. The number of halogens is 1. The SMILES string of the molecule is Cc1cnc(CNS(=O)(=O)c2cc(F)c(C)c([N+](=O)[O-])c2)s1. The van der Waals surface area contributed by atoms with Crippen LogP contribution in [0.3, 0.4) is 0 Å². The Labute approximate surface area is 130 Å².